The molecule has 0 amide bonds. The van der Waals surface area contributed by atoms with Gasteiger partial charge in [-0.15, -0.1) is 0 Å². The van der Waals surface area contributed by atoms with Gasteiger partial charge in [0.1, 0.15) is 11.8 Å². The van der Waals surface area contributed by atoms with Gasteiger partial charge in [-0.1, -0.05) is 12.1 Å². The lowest BCUT2D eigenvalue weighted by atomic mass is 10.2. The van der Waals surface area contributed by atoms with Gasteiger partial charge in [0.25, 0.3) is 0 Å². The standard InChI is InChI=1S/C16H22N4OS2/c1-11(2)20(12(3)4)16(23)19-15(22)18-13-7-5-6-8-14(13)21-10-9-17/h5-8,11-12H,10H2,1-4H3,(H2,18,19,22,23). The van der Waals surface area contributed by atoms with Gasteiger partial charge in [-0.05, 0) is 64.3 Å². The Labute approximate surface area is 148 Å². The SMILES string of the molecule is CC(C)N(C(=S)NC(=S)Nc1ccccc1OCC#N)C(C)C. The van der Waals surface area contributed by atoms with Gasteiger partial charge in [-0.2, -0.15) is 5.26 Å². The van der Waals surface area contributed by atoms with E-state index in [2.05, 4.69) is 43.2 Å². The average Bonchev–Trinajstić information content (AvgIpc) is 2.45. The lowest BCUT2D eigenvalue weighted by Crippen LogP contribution is -2.50. The molecule has 2 N–H and O–H groups in total. The first kappa shape index (κ1) is 19.1. The van der Waals surface area contributed by atoms with E-state index in [-0.39, 0.29) is 18.7 Å². The van der Waals surface area contributed by atoms with Crippen molar-refractivity contribution in [3.8, 4) is 11.8 Å². The Morgan fingerprint density at radius 1 is 1.22 bits per heavy atom. The maximum Gasteiger partial charge on any atom is 0.177 e. The normalized spacial score (nSPS) is 10.1. The zero-order chi connectivity index (χ0) is 17.4. The van der Waals surface area contributed by atoms with Crippen molar-refractivity contribution in [2.75, 3.05) is 11.9 Å². The molecule has 0 unspecified atom stereocenters. The highest BCUT2D eigenvalue weighted by molar-refractivity contribution is 7.82. The molecular weight excluding hydrogens is 328 g/mol. The molecule has 1 rings (SSSR count). The van der Waals surface area contributed by atoms with E-state index >= 15 is 0 Å². The number of hydrogen-bond donors (Lipinski definition) is 2. The minimum absolute atomic E-state index is 0.0221. The first-order valence-corrected chi connectivity index (χ1v) is 8.17. The summed E-state index contributed by atoms with van der Waals surface area (Å²) in [5, 5.41) is 15.7. The van der Waals surface area contributed by atoms with Crippen LogP contribution in [0.3, 0.4) is 0 Å². The number of anilines is 1. The predicted molar refractivity (Wildman–Crippen MR) is 102 cm³/mol. The number of rotatable bonds is 5. The van der Waals surface area contributed by atoms with Crippen LogP contribution in [0.2, 0.25) is 0 Å². The molecular formula is C16H22N4OS2. The molecule has 0 aliphatic carbocycles. The lowest BCUT2D eigenvalue weighted by Gasteiger charge is -2.33. The Morgan fingerprint density at radius 2 is 1.83 bits per heavy atom. The molecule has 1 aromatic carbocycles. The molecule has 23 heavy (non-hydrogen) atoms. The number of nitriles is 1. The van der Waals surface area contributed by atoms with Gasteiger partial charge >= 0.3 is 0 Å². The van der Waals surface area contributed by atoms with Gasteiger partial charge in [0, 0.05) is 12.1 Å². The molecule has 1 aromatic rings. The second-order valence-corrected chi connectivity index (χ2v) is 6.22. The second kappa shape index (κ2) is 9.28. The number of para-hydroxylation sites is 2. The lowest BCUT2D eigenvalue weighted by molar-refractivity contribution is 0.292. The number of hydrogen-bond acceptors (Lipinski definition) is 4. The van der Waals surface area contributed by atoms with E-state index in [1.165, 1.54) is 0 Å². The molecule has 0 aliphatic rings. The topological polar surface area (TPSA) is 60.3 Å². The Bertz CT molecular complexity index is 588. The highest BCUT2D eigenvalue weighted by Gasteiger charge is 2.17. The molecule has 5 nitrogen and oxygen atoms in total. The molecule has 7 heteroatoms. The smallest absolute Gasteiger partial charge is 0.177 e. The zero-order valence-electron chi connectivity index (χ0n) is 13.8. The van der Waals surface area contributed by atoms with E-state index in [9.17, 15) is 0 Å². The molecule has 0 aliphatic heterocycles. The van der Waals surface area contributed by atoms with Crippen LogP contribution in [0.4, 0.5) is 5.69 Å². The van der Waals surface area contributed by atoms with Crippen molar-refractivity contribution < 1.29 is 4.74 Å². The van der Waals surface area contributed by atoms with Crippen molar-refractivity contribution >= 4 is 40.3 Å². The van der Waals surface area contributed by atoms with Crippen molar-refractivity contribution in [2.24, 2.45) is 0 Å². The summed E-state index contributed by atoms with van der Waals surface area (Å²) in [6.07, 6.45) is 0. The number of nitrogens with zero attached hydrogens (tertiary/aromatic N) is 2. The van der Waals surface area contributed by atoms with Gasteiger partial charge in [-0.3, -0.25) is 0 Å². The van der Waals surface area contributed by atoms with Crippen LogP contribution in [0.1, 0.15) is 27.7 Å². The summed E-state index contributed by atoms with van der Waals surface area (Å²) in [7, 11) is 0. The van der Waals surface area contributed by atoms with E-state index in [1.54, 1.807) is 6.07 Å². The van der Waals surface area contributed by atoms with E-state index in [0.717, 1.165) is 0 Å². The average molecular weight is 351 g/mol. The van der Waals surface area contributed by atoms with Gasteiger partial charge in [0.2, 0.25) is 0 Å². The molecule has 0 atom stereocenters. The second-order valence-electron chi connectivity index (χ2n) is 5.42. The molecule has 0 heterocycles. The maximum absolute atomic E-state index is 8.63. The molecule has 0 spiro atoms. The minimum Gasteiger partial charge on any atom is -0.477 e. The Morgan fingerprint density at radius 3 is 2.39 bits per heavy atom. The third kappa shape index (κ3) is 6.00. The first-order valence-electron chi connectivity index (χ1n) is 7.35. The summed E-state index contributed by atoms with van der Waals surface area (Å²) >= 11 is 10.8. The number of benzene rings is 1. The number of nitrogens with one attached hydrogen (secondary N) is 2. The third-order valence-corrected chi connectivity index (χ3v) is 3.51. The van der Waals surface area contributed by atoms with E-state index < -0.39 is 0 Å². The highest BCUT2D eigenvalue weighted by Crippen LogP contribution is 2.23. The van der Waals surface area contributed by atoms with Crippen LogP contribution in [0.25, 0.3) is 0 Å². The van der Waals surface area contributed by atoms with E-state index in [0.29, 0.717) is 21.7 Å². The van der Waals surface area contributed by atoms with Crippen LogP contribution < -0.4 is 15.4 Å². The fraction of sp³-hybridized carbons (Fsp3) is 0.438. The molecule has 0 bridgehead atoms. The number of ether oxygens (including phenoxy) is 1. The Kier molecular flexibility index (Phi) is 7.72. The summed E-state index contributed by atoms with van der Waals surface area (Å²) in [5.41, 5.74) is 0.684. The summed E-state index contributed by atoms with van der Waals surface area (Å²) < 4.78 is 5.36. The summed E-state index contributed by atoms with van der Waals surface area (Å²) in [6.45, 7) is 8.29. The van der Waals surface area contributed by atoms with Crippen molar-refractivity contribution in [1.82, 2.24) is 10.2 Å². The zero-order valence-corrected chi connectivity index (χ0v) is 15.4. The third-order valence-electron chi connectivity index (χ3n) is 3.00. The van der Waals surface area contributed by atoms with Crippen LogP contribution in [0.5, 0.6) is 5.75 Å². The minimum atomic E-state index is -0.0221. The Hall–Kier alpha value is -1.91. The van der Waals surface area contributed by atoms with E-state index in [4.69, 9.17) is 34.4 Å². The van der Waals surface area contributed by atoms with Crippen LogP contribution >= 0.6 is 24.4 Å². The molecule has 124 valence electrons. The van der Waals surface area contributed by atoms with Gasteiger partial charge in [0.05, 0.1) is 5.69 Å². The maximum atomic E-state index is 8.63. The van der Waals surface area contributed by atoms with Crippen LogP contribution in [-0.2, 0) is 0 Å². The summed E-state index contributed by atoms with van der Waals surface area (Å²) in [4.78, 5) is 2.07. The molecule has 0 saturated carbocycles. The fourth-order valence-electron chi connectivity index (χ4n) is 2.19. The highest BCUT2D eigenvalue weighted by atomic mass is 32.1. The molecule has 0 saturated heterocycles. The van der Waals surface area contributed by atoms with Crippen molar-refractivity contribution in [1.29, 1.82) is 5.26 Å². The van der Waals surface area contributed by atoms with Crippen LogP contribution in [-0.4, -0.2) is 33.8 Å². The predicted octanol–water partition coefficient (Wildman–Crippen LogP) is 3.28. The van der Waals surface area contributed by atoms with Crippen LogP contribution in [0.15, 0.2) is 24.3 Å². The van der Waals surface area contributed by atoms with Crippen molar-refractivity contribution in [2.45, 2.75) is 39.8 Å². The first-order chi connectivity index (χ1) is 10.9. The molecule has 0 fully saturated rings. The van der Waals surface area contributed by atoms with E-state index in [1.807, 2.05) is 24.3 Å². The largest absolute Gasteiger partial charge is 0.477 e. The monoisotopic (exact) mass is 350 g/mol. The fourth-order valence-corrected chi connectivity index (χ4v) is 2.98. The van der Waals surface area contributed by atoms with Crippen LogP contribution in [0, 0.1) is 11.3 Å². The van der Waals surface area contributed by atoms with Crippen molar-refractivity contribution in [3.63, 3.8) is 0 Å². The quantitative estimate of drug-likeness (QED) is 0.790. The van der Waals surface area contributed by atoms with Gasteiger partial charge < -0.3 is 20.3 Å². The number of thiocarbonyl (C=S) groups is 2. The molecule has 0 radical (unpaired) electrons. The summed E-state index contributed by atoms with van der Waals surface area (Å²) in [5.74, 6) is 0.564. The summed E-state index contributed by atoms with van der Waals surface area (Å²) in [6, 6.07) is 9.77. The van der Waals surface area contributed by atoms with Gasteiger partial charge in [-0.25, -0.2) is 0 Å². The molecule has 0 aromatic heterocycles. The van der Waals surface area contributed by atoms with Crippen molar-refractivity contribution in [3.05, 3.63) is 24.3 Å². The Balaban J connectivity index is 2.74. The van der Waals surface area contributed by atoms with Gasteiger partial charge in [0.15, 0.2) is 16.8 Å².